The van der Waals surface area contributed by atoms with Crippen molar-refractivity contribution in [2.24, 2.45) is 7.05 Å². The molecule has 1 aliphatic rings. The summed E-state index contributed by atoms with van der Waals surface area (Å²) >= 11 is 1.50. The predicted octanol–water partition coefficient (Wildman–Crippen LogP) is 3.88. The molecule has 0 bridgehead atoms. The molecule has 2 aromatic heterocycles. The highest BCUT2D eigenvalue weighted by atomic mass is 32.1. The lowest BCUT2D eigenvalue weighted by Crippen LogP contribution is -2.19. The zero-order chi connectivity index (χ0) is 18.8. The molecule has 0 spiro atoms. The summed E-state index contributed by atoms with van der Waals surface area (Å²) in [7, 11) is 1.78. The highest BCUT2D eigenvalue weighted by molar-refractivity contribution is 7.17. The van der Waals surface area contributed by atoms with Crippen LogP contribution in [0.5, 0.6) is 0 Å². The van der Waals surface area contributed by atoms with Crippen LogP contribution in [0.4, 0.5) is 5.00 Å². The van der Waals surface area contributed by atoms with Gasteiger partial charge in [0.2, 0.25) is 0 Å². The Morgan fingerprint density at radius 3 is 2.77 bits per heavy atom. The number of nitrogens with zero attached hydrogens (tertiary/aromatic N) is 2. The number of anilines is 1. The van der Waals surface area contributed by atoms with Crippen LogP contribution in [-0.4, -0.2) is 27.8 Å². The maximum Gasteiger partial charge on any atom is 0.341 e. The average molecular weight is 375 g/mol. The van der Waals surface area contributed by atoms with E-state index >= 15 is 0 Å². The number of ether oxygens (including phenoxy) is 1. The first-order valence-corrected chi connectivity index (χ1v) is 9.89. The Labute approximate surface area is 157 Å². The summed E-state index contributed by atoms with van der Waals surface area (Å²) in [4.78, 5) is 26.7. The molecule has 140 valence electrons. The molecule has 0 radical (unpaired) electrons. The van der Waals surface area contributed by atoms with Crippen molar-refractivity contribution in [2.45, 2.75) is 59.0 Å². The van der Waals surface area contributed by atoms with Crippen LogP contribution in [0.15, 0.2) is 6.20 Å². The van der Waals surface area contributed by atoms with Crippen molar-refractivity contribution in [1.29, 1.82) is 0 Å². The number of rotatable bonds is 5. The van der Waals surface area contributed by atoms with Gasteiger partial charge >= 0.3 is 5.97 Å². The highest BCUT2D eigenvalue weighted by Crippen LogP contribution is 2.39. The first kappa shape index (κ1) is 18.6. The van der Waals surface area contributed by atoms with Crippen molar-refractivity contribution < 1.29 is 14.3 Å². The quantitative estimate of drug-likeness (QED) is 0.805. The van der Waals surface area contributed by atoms with Crippen LogP contribution >= 0.6 is 11.3 Å². The van der Waals surface area contributed by atoms with Crippen molar-refractivity contribution in [3.63, 3.8) is 0 Å². The molecule has 0 fully saturated rings. The van der Waals surface area contributed by atoms with Gasteiger partial charge in [-0.15, -0.1) is 11.3 Å². The van der Waals surface area contributed by atoms with Gasteiger partial charge in [-0.3, -0.25) is 9.48 Å². The van der Waals surface area contributed by atoms with Crippen LogP contribution in [0.3, 0.4) is 0 Å². The number of hydrogen-bond acceptors (Lipinski definition) is 5. The third-order valence-electron chi connectivity index (χ3n) is 4.74. The Hall–Kier alpha value is -2.15. The standard InChI is InChI=1S/C19H25N3O3S/c1-5-11(2)25-19(24)16-13-8-6-7-9-15(13)26-18(16)20-17(23)14-10-22(4)21-12(14)3/h10-11H,5-9H2,1-4H3,(H,20,23). The molecule has 0 saturated heterocycles. The Kier molecular flexibility index (Phi) is 5.46. The average Bonchev–Trinajstić information content (AvgIpc) is 3.13. The van der Waals surface area contributed by atoms with E-state index in [1.807, 2.05) is 13.8 Å². The third-order valence-corrected chi connectivity index (χ3v) is 5.95. The van der Waals surface area contributed by atoms with Crippen LogP contribution in [0, 0.1) is 6.92 Å². The number of thiophene rings is 1. The summed E-state index contributed by atoms with van der Waals surface area (Å²) in [5, 5.41) is 7.75. The van der Waals surface area contributed by atoms with Gasteiger partial charge in [0.1, 0.15) is 5.00 Å². The van der Waals surface area contributed by atoms with E-state index in [0.29, 0.717) is 21.8 Å². The van der Waals surface area contributed by atoms with Gasteiger partial charge in [-0.1, -0.05) is 6.92 Å². The molecule has 1 amide bonds. The van der Waals surface area contributed by atoms with Crippen molar-refractivity contribution in [3.05, 3.63) is 33.5 Å². The van der Waals surface area contributed by atoms with Gasteiger partial charge in [-0.2, -0.15) is 5.10 Å². The normalized spacial score (nSPS) is 14.6. The minimum Gasteiger partial charge on any atom is -0.459 e. The van der Waals surface area contributed by atoms with E-state index in [1.165, 1.54) is 16.2 Å². The molecular weight excluding hydrogens is 350 g/mol. The Bertz CT molecular complexity index is 837. The van der Waals surface area contributed by atoms with Crippen molar-refractivity contribution in [3.8, 4) is 0 Å². The van der Waals surface area contributed by atoms with E-state index in [2.05, 4.69) is 10.4 Å². The second-order valence-corrected chi connectivity index (χ2v) is 7.90. The Morgan fingerprint density at radius 2 is 2.12 bits per heavy atom. The molecule has 0 saturated carbocycles. The lowest BCUT2D eigenvalue weighted by Gasteiger charge is -2.15. The lowest BCUT2D eigenvalue weighted by atomic mass is 9.95. The number of carbonyl (C=O) groups excluding carboxylic acids is 2. The fourth-order valence-electron chi connectivity index (χ4n) is 3.19. The minimum atomic E-state index is -0.336. The Morgan fingerprint density at radius 1 is 1.38 bits per heavy atom. The highest BCUT2D eigenvalue weighted by Gasteiger charge is 2.28. The van der Waals surface area contributed by atoms with Gasteiger partial charge in [0.05, 0.1) is 22.9 Å². The fraction of sp³-hybridized carbons (Fsp3) is 0.526. The summed E-state index contributed by atoms with van der Waals surface area (Å²) < 4.78 is 7.18. The van der Waals surface area contributed by atoms with Crippen molar-refractivity contribution in [1.82, 2.24) is 9.78 Å². The summed E-state index contributed by atoms with van der Waals surface area (Å²) in [6, 6.07) is 0. The molecular formula is C19H25N3O3S. The molecule has 2 heterocycles. The second-order valence-electron chi connectivity index (χ2n) is 6.80. The molecule has 0 aliphatic heterocycles. The number of aryl methyl sites for hydroxylation is 3. The van der Waals surface area contributed by atoms with Gasteiger partial charge in [-0.05, 0) is 51.5 Å². The van der Waals surface area contributed by atoms with Gasteiger partial charge in [0.15, 0.2) is 0 Å². The van der Waals surface area contributed by atoms with Crippen molar-refractivity contribution in [2.75, 3.05) is 5.32 Å². The minimum absolute atomic E-state index is 0.147. The number of fused-ring (bicyclic) bond motifs is 1. The van der Waals surface area contributed by atoms with E-state index in [1.54, 1.807) is 24.9 Å². The van der Waals surface area contributed by atoms with Crippen LogP contribution in [0.25, 0.3) is 0 Å². The monoisotopic (exact) mass is 375 g/mol. The summed E-state index contributed by atoms with van der Waals surface area (Å²) in [5.74, 6) is -0.580. The number of carbonyl (C=O) groups is 2. The lowest BCUT2D eigenvalue weighted by molar-refractivity contribution is 0.0335. The number of amides is 1. The van der Waals surface area contributed by atoms with E-state index in [0.717, 1.165) is 37.7 Å². The van der Waals surface area contributed by atoms with Gasteiger partial charge in [0, 0.05) is 18.1 Å². The molecule has 7 heteroatoms. The summed E-state index contributed by atoms with van der Waals surface area (Å²) in [5.41, 5.74) is 2.77. The number of esters is 1. The number of nitrogens with one attached hydrogen (secondary N) is 1. The molecule has 3 rings (SSSR count). The largest absolute Gasteiger partial charge is 0.459 e. The van der Waals surface area contributed by atoms with E-state index in [9.17, 15) is 9.59 Å². The molecule has 1 N–H and O–H groups in total. The zero-order valence-corrected chi connectivity index (χ0v) is 16.5. The molecule has 1 atom stereocenters. The zero-order valence-electron chi connectivity index (χ0n) is 15.7. The van der Waals surface area contributed by atoms with E-state index < -0.39 is 0 Å². The second kappa shape index (κ2) is 7.61. The van der Waals surface area contributed by atoms with E-state index in [-0.39, 0.29) is 18.0 Å². The van der Waals surface area contributed by atoms with Crippen LogP contribution < -0.4 is 5.32 Å². The smallest absolute Gasteiger partial charge is 0.341 e. The maximum atomic E-state index is 12.8. The van der Waals surface area contributed by atoms with E-state index in [4.69, 9.17) is 4.74 Å². The first-order valence-electron chi connectivity index (χ1n) is 9.07. The molecule has 1 unspecified atom stereocenters. The van der Waals surface area contributed by atoms with Crippen LogP contribution in [-0.2, 0) is 24.6 Å². The molecule has 6 nitrogen and oxygen atoms in total. The predicted molar refractivity (Wildman–Crippen MR) is 102 cm³/mol. The molecule has 2 aromatic rings. The topological polar surface area (TPSA) is 73.2 Å². The molecule has 0 aromatic carbocycles. The van der Waals surface area contributed by atoms with Gasteiger partial charge in [-0.25, -0.2) is 4.79 Å². The SMILES string of the molecule is CCC(C)OC(=O)c1c(NC(=O)c2cn(C)nc2C)sc2c1CCCC2. The van der Waals surface area contributed by atoms with Gasteiger partial charge in [0.25, 0.3) is 5.91 Å². The first-order chi connectivity index (χ1) is 12.4. The Balaban J connectivity index is 1.93. The number of hydrogen-bond donors (Lipinski definition) is 1. The van der Waals surface area contributed by atoms with Crippen molar-refractivity contribution >= 4 is 28.2 Å². The van der Waals surface area contributed by atoms with Crippen LogP contribution in [0.2, 0.25) is 0 Å². The van der Waals surface area contributed by atoms with Crippen LogP contribution in [0.1, 0.15) is 70.0 Å². The molecule has 1 aliphatic carbocycles. The maximum absolute atomic E-state index is 12.8. The molecule has 26 heavy (non-hydrogen) atoms. The summed E-state index contributed by atoms with van der Waals surface area (Å²) in [6.07, 6.45) is 6.28. The number of aromatic nitrogens is 2. The fourth-order valence-corrected chi connectivity index (χ4v) is 4.46. The van der Waals surface area contributed by atoms with Gasteiger partial charge < -0.3 is 10.1 Å². The summed E-state index contributed by atoms with van der Waals surface area (Å²) in [6.45, 7) is 5.66. The third kappa shape index (κ3) is 3.67.